The summed E-state index contributed by atoms with van der Waals surface area (Å²) in [5.41, 5.74) is 5.53. The number of para-hydroxylation sites is 1. The molecule has 1 atom stereocenters. The number of hydrogen-bond acceptors (Lipinski definition) is 3. The smallest absolute Gasteiger partial charge is 0.264 e. The molecule has 1 aliphatic carbocycles. The van der Waals surface area contributed by atoms with E-state index in [2.05, 4.69) is 23.5 Å². The lowest BCUT2D eigenvalue weighted by molar-refractivity contribution is 0.0936. The van der Waals surface area contributed by atoms with Gasteiger partial charge in [-0.3, -0.25) is 9.10 Å². The average Bonchev–Trinajstić information content (AvgIpc) is 2.86. The third kappa shape index (κ3) is 4.87. The van der Waals surface area contributed by atoms with Crippen LogP contribution in [-0.2, 0) is 22.9 Å². The van der Waals surface area contributed by atoms with Crippen LogP contribution < -0.4 is 9.62 Å². The Morgan fingerprint density at radius 2 is 1.65 bits per heavy atom. The number of carbonyl (C=O) groups is 1. The minimum Gasteiger partial charge on any atom is -0.345 e. The number of sulfonamides is 1. The van der Waals surface area contributed by atoms with Crippen LogP contribution in [0.4, 0.5) is 5.69 Å². The summed E-state index contributed by atoms with van der Waals surface area (Å²) in [5, 5.41) is 3.14. The van der Waals surface area contributed by atoms with E-state index < -0.39 is 10.0 Å². The van der Waals surface area contributed by atoms with Gasteiger partial charge in [0.15, 0.2) is 0 Å². The lowest BCUT2D eigenvalue weighted by atomic mass is 9.88. The fraction of sp³-hybridized carbons (Fsp3) is 0.321. The van der Waals surface area contributed by atoms with Crippen molar-refractivity contribution in [3.05, 3.63) is 94.5 Å². The second kappa shape index (κ2) is 10.0. The number of hydrogen-bond donors (Lipinski definition) is 1. The molecule has 0 aliphatic heterocycles. The Kier molecular flexibility index (Phi) is 7.08. The summed E-state index contributed by atoms with van der Waals surface area (Å²) in [6.45, 7) is 3.96. The quantitative estimate of drug-likeness (QED) is 0.484. The maximum absolute atomic E-state index is 13.4. The minimum absolute atomic E-state index is 0.146. The van der Waals surface area contributed by atoms with Crippen LogP contribution in [0.3, 0.4) is 0 Å². The number of amides is 1. The molecule has 0 fully saturated rings. The molecule has 34 heavy (non-hydrogen) atoms. The van der Waals surface area contributed by atoms with Crippen LogP contribution >= 0.6 is 0 Å². The number of benzene rings is 3. The molecule has 0 radical (unpaired) electrons. The molecule has 4 rings (SSSR count). The molecule has 3 aromatic rings. The largest absolute Gasteiger partial charge is 0.345 e. The maximum Gasteiger partial charge on any atom is 0.264 e. The van der Waals surface area contributed by atoms with Crippen molar-refractivity contribution in [2.24, 2.45) is 0 Å². The standard InChI is InChI=1S/C28H32N2O3S/c1-4-26(23-16-15-21-9-5-6-10-22(21)19-23)29-28(31)25-11-7-8-12-27(25)30(3)34(32,33)24-17-13-20(2)14-18-24/h7-8,11-19,26H,4-6,9-10H2,1-3H3,(H,29,31)/t26-/m1/s1. The fourth-order valence-corrected chi connectivity index (χ4v) is 5.78. The van der Waals surface area contributed by atoms with Crippen LogP contribution in [0.1, 0.15) is 64.8 Å². The van der Waals surface area contributed by atoms with Crippen LogP contribution in [-0.4, -0.2) is 21.4 Å². The van der Waals surface area contributed by atoms with E-state index in [0.29, 0.717) is 11.3 Å². The van der Waals surface area contributed by atoms with Gasteiger partial charge in [0, 0.05) is 7.05 Å². The number of nitrogens with one attached hydrogen (secondary N) is 1. The molecular weight excluding hydrogens is 444 g/mol. The summed E-state index contributed by atoms with van der Waals surface area (Å²) in [5.74, 6) is -0.286. The zero-order chi connectivity index (χ0) is 24.3. The molecule has 0 bridgehead atoms. The van der Waals surface area contributed by atoms with Gasteiger partial charge in [-0.15, -0.1) is 0 Å². The Labute approximate surface area is 202 Å². The van der Waals surface area contributed by atoms with E-state index in [1.165, 1.54) is 35.3 Å². The van der Waals surface area contributed by atoms with Crippen molar-refractivity contribution in [2.45, 2.75) is 56.9 Å². The first-order chi connectivity index (χ1) is 16.3. The van der Waals surface area contributed by atoms with Gasteiger partial charge in [-0.05, 0) is 80.0 Å². The summed E-state index contributed by atoms with van der Waals surface area (Å²) in [4.78, 5) is 13.6. The number of rotatable bonds is 7. The number of fused-ring (bicyclic) bond motifs is 1. The lowest BCUT2D eigenvalue weighted by Gasteiger charge is -2.24. The van der Waals surface area contributed by atoms with Crippen LogP contribution in [0.25, 0.3) is 0 Å². The molecule has 3 aromatic carbocycles. The maximum atomic E-state index is 13.4. The van der Waals surface area contributed by atoms with Crippen molar-refractivity contribution in [1.82, 2.24) is 5.32 Å². The van der Waals surface area contributed by atoms with Gasteiger partial charge in [-0.25, -0.2) is 8.42 Å². The van der Waals surface area contributed by atoms with Crippen molar-refractivity contribution < 1.29 is 13.2 Å². The van der Waals surface area contributed by atoms with Gasteiger partial charge >= 0.3 is 0 Å². The van der Waals surface area contributed by atoms with Crippen molar-refractivity contribution in [3.8, 4) is 0 Å². The van der Waals surface area contributed by atoms with Crippen LogP contribution in [0.5, 0.6) is 0 Å². The molecular formula is C28H32N2O3S. The third-order valence-electron chi connectivity index (χ3n) is 6.66. The topological polar surface area (TPSA) is 66.5 Å². The Morgan fingerprint density at radius 1 is 0.971 bits per heavy atom. The second-order valence-corrected chi connectivity index (χ2v) is 10.9. The Morgan fingerprint density at radius 3 is 2.35 bits per heavy atom. The molecule has 5 nitrogen and oxygen atoms in total. The molecule has 1 aliphatic rings. The van der Waals surface area contributed by atoms with Gasteiger partial charge in [0.2, 0.25) is 0 Å². The molecule has 178 valence electrons. The van der Waals surface area contributed by atoms with Crippen LogP contribution in [0, 0.1) is 6.92 Å². The monoisotopic (exact) mass is 476 g/mol. The predicted molar refractivity (Wildman–Crippen MR) is 137 cm³/mol. The molecule has 6 heteroatoms. The third-order valence-corrected chi connectivity index (χ3v) is 8.44. The van der Waals surface area contributed by atoms with E-state index in [1.54, 1.807) is 48.5 Å². The summed E-state index contributed by atoms with van der Waals surface area (Å²) in [6.07, 6.45) is 5.38. The Bertz CT molecular complexity index is 1280. The second-order valence-electron chi connectivity index (χ2n) is 8.97. The molecule has 0 aromatic heterocycles. The zero-order valence-corrected chi connectivity index (χ0v) is 20.9. The molecule has 0 unspecified atom stereocenters. The molecule has 0 saturated heterocycles. The van der Waals surface area contributed by atoms with Gasteiger partial charge < -0.3 is 5.32 Å². The molecule has 1 N–H and O–H groups in total. The number of anilines is 1. The van der Waals surface area contributed by atoms with Crippen molar-refractivity contribution in [3.63, 3.8) is 0 Å². The average molecular weight is 477 g/mol. The van der Waals surface area contributed by atoms with Crippen molar-refractivity contribution >= 4 is 21.6 Å². The SMILES string of the molecule is CC[C@@H](NC(=O)c1ccccc1N(C)S(=O)(=O)c1ccc(C)cc1)c1ccc2c(c1)CCCC2. The van der Waals surface area contributed by atoms with Gasteiger partial charge in [0.25, 0.3) is 15.9 Å². The minimum atomic E-state index is -3.81. The highest BCUT2D eigenvalue weighted by atomic mass is 32.2. The number of aryl methyl sites for hydroxylation is 3. The highest BCUT2D eigenvalue weighted by Gasteiger charge is 2.26. The fourth-order valence-electron chi connectivity index (χ4n) is 4.57. The summed E-state index contributed by atoms with van der Waals surface area (Å²) in [6, 6.07) is 19.9. The van der Waals surface area contributed by atoms with Gasteiger partial charge in [0.1, 0.15) is 0 Å². The zero-order valence-electron chi connectivity index (χ0n) is 20.0. The molecule has 0 spiro atoms. The molecule has 1 amide bonds. The summed E-state index contributed by atoms with van der Waals surface area (Å²) < 4.78 is 27.7. The van der Waals surface area contributed by atoms with Crippen molar-refractivity contribution in [2.75, 3.05) is 11.4 Å². The molecule has 0 heterocycles. The van der Waals surface area contributed by atoms with Gasteiger partial charge in [-0.1, -0.05) is 55.0 Å². The summed E-state index contributed by atoms with van der Waals surface area (Å²) in [7, 11) is -2.32. The Hall–Kier alpha value is -3.12. The van der Waals surface area contributed by atoms with E-state index in [9.17, 15) is 13.2 Å². The van der Waals surface area contributed by atoms with E-state index in [0.717, 1.165) is 30.4 Å². The highest BCUT2D eigenvalue weighted by Crippen LogP contribution is 2.29. The number of carbonyl (C=O) groups excluding carboxylic acids is 1. The van der Waals surface area contributed by atoms with Gasteiger partial charge in [0.05, 0.1) is 22.2 Å². The van der Waals surface area contributed by atoms with Crippen molar-refractivity contribution in [1.29, 1.82) is 0 Å². The first kappa shape index (κ1) is 24.0. The van der Waals surface area contributed by atoms with E-state index in [1.807, 2.05) is 13.8 Å². The molecule has 0 saturated carbocycles. The van der Waals surface area contributed by atoms with Crippen LogP contribution in [0.15, 0.2) is 71.6 Å². The first-order valence-corrected chi connectivity index (χ1v) is 13.3. The van der Waals surface area contributed by atoms with E-state index in [-0.39, 0.29) is 16.8 Å². The summed E-state index contributed by atoms with van der Waals surface area (Å²) >= 11 is 0. The highest BCUT2D eigenvalue weighted by molar-refractivity contribution is 7.92. The number of nitrogens with zero attached hydrogens (tertiary/aromatic N) is 1. The normalized spacial score (nSPS) is 14.2. The van der Waals surface area contributed by atoms with Crippen LogP contribution in [0.2, 0.25) is 0 Å². The predicted octanol–water partition coefficient (Wildman–Crippen LogP) is 5.58. The van der Waals surface area contributed by atoms with E-state index in [4.69, 9.17) is 0 Å². The Balaban J connectivity index is 1.60. The van der Waals surface area contributed by atoms with E-state index >= 15 is 0 Å². The first-order valence-electron chi connectivity index (χ1n) is 11.9. The van der Waals surface area contributed by atoms with Gasteiger partial charge in [-0.2, -0.15) is 0 Å². The lowest BCUT2D eigenvalue weighted by Crippen LogP contribution is -2.32.